The molecule has 0 atom stereocenters. The molecule has 6 nitrogen and oxygen atoms in total. The average Bonchev–Trinajstić information content (AvgIpc) is 2.75. The molecule has 2 aliphatic rings. The Labute approximate surface area is 170 Å². The first-order valence-corrected chi connectivity index (χ1v) is 11.0. The predicted octanol–water partition coefficient (Wildman–Crippen LogP) is 2.52. The standard InChI is InChI=1S/C22H37N5O/c1-3-23-21(24-12-9-20-8-7-19(2)25-17-20)26-18-22(10-5-4-6-11-22)27-13-15-28-16-14-27/h7-8,17H,3-6,9-16,18H2,1-2H3,(H2,23,24,26). The fraction of sp³-hybridized carbons (Fsp3) is 0.727. The maximum atomic E-state index is 5.59. The van der Waals surface area contributed by atoms with Crippen molar-refractivity contribution >= 4 is 5.96 Å². The molecule has 1 saturated heterocycles. The summed E-state index contributed by atoms with van der Waals surface area (Å²) in [6, 6.07) is 4.23. The Morgan fingerprint density at radius 1 is 1.18 bits per heavy atom. The van der Waals surface area contributed by atoms with Gasteiger partial charge in [-0.3, -0.25) is 14.9 Å². The zero-order chi connectivity index (χ0) is 19.7. The third kappa shape index (κ3) is 5.92. The van der Waals surface area contributed by atoms with Crippen LogP contribution in [0.15, 0.2) is 23.3 Å². The maximum absolute atomic E-state index is 5.59. The Hall–Kier alpha value is -1.66. The largest absolute Gasteiger partial charge is 0.379 e. The highest BCUT2D eigenvalue weighted by molar-refractivity contribution is 5.79. The number of rotatable bonds is 7. The second kappa shape index (κ2) is 10.8. The third-order valence-corrected chi connectivity index (χ3v) is 6.02. The minimum Gasteiger partial charge on any atom is -0.379 e. The minimum atomic E-state index is 0.214. The second-order valence-corrected chi connectivity index (χ2v) is 8.06. The molecule has 0 amide bonds. The van der Waals surface area contributed by atoms with E-state index in [0.717, 1.165) is 64.0 Å². The van der Waals surface area contributed by atoms with Gasteiger partial charge >= 0.3 is 0 Å². The highest BCUT2D eigenvalue weighted by Gasteiger charge is 2.38. The van der Waals surface area contributed by atoms with Crippen LogP contribution in [-0.4, -0.2) is 67.3 Å². The van der Waals surface area contributed by atoms with Crippen molar-refractivity contribution < 1.29 is 4.74 Å². The first kappa shape index (κ1) is 21.1. The lowest BCUT2D eigenvalue weighted by atomic mass is 9.80. The molecule has 28 heavy (non-hydrogen) atoms. The number of nitrogens with zero attached hydrogens (tertiary/aromatic N) is 3. The minimum absolute atomic E-state index is 0.214. The van der Waals surface area contributed by atoms with Gasteiger partial charge in [-0.25, -0.2) is 0 Å². The summed E-state index contributed by atoms with van der Waals surface area (Å²) >= 11 is 0. The number of hydrogen-bond acceptors (Lipinski definition) is 4. The van der Waals surface area contributed by atoms with Crippen LogP contribution in [0, 0.1) is 6.92 Å². The van der Waals surface area contributed by atoms with Gasteiger partial charge < -0.3 is 15.4 Å². The second-order valence-electron chi connectivity index (χ2n) is 8.06. The summed E-state index contributed by atoms with van der Waals surface area (Å²) in [6.07, 6.45) is 9.42. The van der Waals surface area contributed by atoms with Crippen LogP contribution in [0.1, 0.15) is 50.3 Å². The van der Waals surface area contributed by atoms with E-state index in [2.05, 4.69) is 39.6 Å². The number of aromatic nitrogens is 1. The number of pyridine rings is 1. The average molecular weight is 388 g/mol. The summed E-state index contributed by atoms with van der Waals surface area (Å²) in [7, 11) is 0. The van der Waals surface area contributed by atoms with Crippen molar-refractivity contribution in [3.8, 4) is 0 Å². The SMILES string of the molecule is CCNC(=NCC1(N2CCOCC2)CCCCC1)NCCc1ccc(C)nc1. The van der Waals surface area contributed by atoms with Gasteiger partial charge in [0.05, 0.1) is 19.8 Å². The van der Waals surface area contributed by atoms with E-state index in [1.807, 2.05) is 13.1 Å². The molecule has 1 aliphatic carbocycles. The summed E-state index contributed by atoms with van der Waals surface area (Å²) in [5.74, 6) is 0.931. The summed E-state index contributed by atoms with van der Waals surface area (Å²) in [5, 5.41) is 6.93. The molecule has 0 aromatic carbocycles. The van der Waals surface area contributed by atoms with Gasteiger partial charge in [0.25, 0.3) is 0 Å². The lowest BCUT2D eigenvalue weighted by Crippen LogP contribution is -2.56. The molecule has 1 saturated carbocycles. The molecule has 0 radical (unpaired) electrons. The topological polar surface area (TPSA) is 61.8 Å². The van der Waals surface area contributed by atoms with E-state index >= 15 is 0 Å². The Bertz CT molecular complexity index is 604. The van der Waals surface area contributed by atoms with Gasteiger partial charge in [0.1, 0.15) is 0 Å². The molecule has 2 N–H and O–H groups in total. The molecule has 2 fully saturated rings. The maximum Gasteiger partial charge on any atom is 0.191 e. The van der Waals surface area contributed by atoms with Crippen molar-refractivity contribution in [3.05, 3.63) is 29.6 Å². The van der Waals surface area contributed by atoms with Crippen molar-refractivity contribution in [1.82, 2.24) is 20.5 Å². The van der Waals surface area contributed by atoms with Crippen LogP contribution in [0.3, 0.4) is 0 Å². The Kier molecular flexibility index (Phi) is 8.10. The first-order chi connectivity index (χ1) is 13.7. The molecule has 1 aromatic rings. The monoisotopic (exact) mass is 387 g/mol. The number of aryl methyl sites for hydroxylation is 1. The number of nitrogens with one attached hydrogen (secondary N) is 2. The summed E-state index contributed by atoms with van der Waals surface area (Å²) in [6.45, 7) is 10.5. The molecule has 3 rings (SSSR count). The highest BCUT2D eigenvalue weighted by atomic mass is 16.5. The highest BCUT2D eigenvalue weighted by Crippen LogP contribution is 2.34. The van der Waals surface area contributed by atoms with Crippen molar-refractivity contribution in [3.63, 3.8) is 0 Å². The summed E-state index contributed by atoms with van der Waals surface area (Å²) < 4.78 is 5.59. The molecule has 0 bridgehead atoms. The van der Waals surface area contributed by atoms with Crippen molar-refractivity contribution in [2.45, 2.75) is 57.9 Å². The van der Waals surface area contributed by atoms with E-state index in [1.54, 1.807) is 0 Å². The first-order valence-electron chi connectivity index (χ1n) is 11.0. The lowest BCUT2D eigenvalue weighted by molar-refractivity contribution is -0.0333. The van der Waals surface area contributed by atoms with E-state index < -0.39 is 0 Å². The van der Waals surface area contributed by atoms with E-state index in [4.69, 9.17) is 9.73 Å². The van der Waals surface area contributed by atoms with Crippen LogP contribution in [0.4, 0.5) is 0 Å². The number of aliphatic imine (C=N–C) groups is 1. The van der Waals surface area contributed by atoms with E-state index in [0.29, 0.717) is 0 Å². The smallest absolute Gasteiger partial charge is 0.191 e. The molecule has 2 heterocycles. The van der Waals surface area contributed by atoms with Gasteiger partial charge in [-0.05, 0) is 44.7 Å². The van der Waals surface area contributed by atoms with E-state index in [1.165, 1.54) is 37.7 Å². The predicted molar refractivity (Wildman–Crippen MR) is 115 cm³/mol. The fourth-order valence-corrected chi connectivity index (χ4v) is 4.36. The normalized spacial score (nSPS) is 20.7. The van der Waals surface area contributed by atoms with Crippen molar-refractivity contribution in [2.75, 3.05) is 45.9 Å². The van der Waals surface area contributed by atoms with Crippen LogP contribution < -0.4 is 10.6 Å². The van der Waals surface area contributed by atoms with Crippen LogP contribution in [0.25, 0.3) is 0 Å². The molecule has 0 spiro atoms. The Morgan fingerprint density at radius 3 is 2.64 bits per heavy atom. The molecule has 156 valence electrons. The number of morpholine rings is 1. The third-order valence-electron chi connectivity index (χ3n) is 6.02. The quantitative estimate of drug-likeness (QED) is 0.556. The molecule has 1 aromatic heterocycles. The number of guanidine groups is 1. The van der Waals surface area contributed by atoms with Crippen molar-refractivity contribution in [1.29, 1.82) is 0 Å². The number of ether oxygens (including phenoxy) is 1. The van der Waals surface area contributed by atoms with Gasteiger partial charge in [0.15, 0.2) is 5.96 Å². The van der Waals surface area contributed by atoms with Gasteiger partial charge in [-0.15, -0.1) is 0 Å². The van der Waals surface area contributed by atoms with Crippen LogP contribution >= 0.6 is 0 Å². The molecule has 0 unspecified atom stereocenters. The van der Waals surface area contributed by atoms with Crippen LogP contribution in [0.5, 0.6) is 0 Å². The fourth-order valence-electron chi connectivity index (χ4n) is 4.36. The Balaban J connectivity index is 1.59. The van der Waals surface area contributed by atoms with Crippen molar-refractivity contribution in [2.24, 2.45) is 4.99 Å². The van der Waals surface area contributed by atoms with E-state index in [-0.39, 0.29) is 5.54 Å². The van der Waals surface area contributed by atoms with Gasteiger partial charge in [-0.2, -0.15) is 0 Å². The summed E-state index contributed by atoms with van der Waals surface area (Å²) in [5.41, 5.74) is 2.53. The van der Waals surface area contributed by atoms with E-state index in [9.17, 15) is 0 Å². The molecular formula is C22H37N5O. The zero-order valence-electron chi connectivity index (χ0n) is 17.7. The zero-order valence-corrected chi connectivity index (χ0v) is 17.7. The number of hydrogen-bond donors (Lipinski definition) is 2. The van der Waals surface area contributed by atoms with Gasteiger partial charge in [0.2, 0.25) is 0 Å². The summed E-state index contributed by atoms with van der Waals surface area (Å²) in [4.78, 5) is 12.1. The lowest BCUT2D eigenvalue weighted by Gasteiger charge is -2.47. The molecule has 1 aliphatic heterocycles. The Morgan fingerprint density at radius 2 is 1.96 bits per heavy atom. The molecule has 6 heteroatoms. The van der Waals surface area contributed by atoms with Crippen LogP contribution in [0.2, 0.25) is 0 Å². The van der Waals surface area contributed by atoms with Gasteiger partial charge in [0, 0.05) is 43.6 Å². The van der Waals surface area contributed by atoms with Gasteiger partial charge in [-0.1, -0.05) is 25.3 Å². The van der Waals surface area contributed by atoms with Crippen LogP contribution in [-0.2, 0) is 11.2 Å². The molecular weight excluding hydrogens is 350 g/mol.